The van der Waals surface area contributed by atoms with Crippen molar-refractivity contribution in [2.45, 2.75) is 26.4 Å². The van der Waals surface area contributed by atoms with Crippen LogP contribution in [0.3, 0.4) is 0 Å². The Morgan fingerprint density at radius 1 is 1.47 bits per heavy atom. The lowest BCUT2D eigenvalue weighted by Crippen LogP contribution is -2.18. The lowest BCUT2D eigenvalue weighted by molar-refractivity contribution is 0.383. The lowest BCUT2D eigenvalue weighted by Gasteiger charge is -2.15. The summed E-state index contributed by atoms with van der Waals surface area (Å²) in [5.41, 5.74) is 8.25. The van der Waals surface area contributed by atoms with Crippen molar-refractivity contribution in [2.24, 2.45) is 5.73 Å². The van der Waals surface area contributed by atoms with E-state index in [0.29, 0.717) is 12.1 Å². The summed E-state index contributed by atoms with van der Waals surface area (Å²) in [6.07, 6.45) is 0. The Hall–Kier alpha value is -1.88. The zero-order valence-corrected chi connectivity index (χ0v) is 11.4. The highest BCUT2D eigenvalue weighted by atomic mass is 19.1. The number of benzene rings is 1. The highest BCUT2D eigenvalue weighted by Gasteiger charge is 2.20. The fourth-order valence-corrected chi connectivity index (χ4v) is 2.15. The lowest BCUT2D eigenvalue weighted by atomic mass is 10.0. The van der Waals surface area contributed by atoms with Crippen LogP contribution in [-0.4, -0.2) is 16.9 Å². The monoisotopic (exact) mass is 263 g/mol. The van der Waals surface area contributed by atoms with Gasteiger partial charge in [-0.1, -0.05) is 12.1 Å². The molecule has 2 N–H and O–H groups in total. The molecular formula is C14H18FN3O. The number of rotatable bonds is 4. The number of nitrogens with zero attached hydrogens (tertiary/aromatic N) is 2. The first-order chi connectivity index (χ1) is 9.08. The zero-order chi connectivity index (χ0) is 14.0. The molecule has 102 valence electrons. The number of aryl methyl sites for hydroxylation is 2. The Balaban J connectivity index is 2.46. The largest absolute Gasteiger partial charge is 0.494 e. The number of hydrogen-bond acceptors (Lipinski definition) is 3. The molecule has 0 radical (unpaired) electrons. The number of ether oxygens (including phenoxy) is 1. The van der Waals surface area contributed by atoms with Gasteiger partial charge >= 0.3 is 0 Å². The molecule has 2 rings (SSSR count). The van der Waals surface area contributed by atoms with Crippen molar-refractivity contribution >= 4 is 0 Å². The normalized spacial score (nSPS) is 12.5. The van der Waals surface area contributed by atoms with Gasteiger partial charge in [0.1, 0.15) is 0 Å². The summed E-state index contributed by atoms with van der Waals surface area (Å²) in [6.45, 7) is 4.57. The Morgan fingerprint density at radius 3 is 2.84 bits per heavy atom. The van der Waals surface area contributed by atoms with E-state index in [1.807, 2.05) is 19.9 Å². The van der Waals surface area contributed by atoms with Gasteiger partial charge in [0, 0.05) is 12.1 Å². The molecule has 4 nitrogen and oxygen atoms in total. The van der Waals surface area contributed by atoms with Crippen molar-refractivity contribution in [1.82, 2.24) is 9.78 Å². The van der Waals surface area contributed by atoms with Crippen molar-refractivity contribution in [1.29, 1.82) is 0 Å². The quantitative estimate of drug-likeness (QED) is 0.921. The van der Waals surface area contributed by atoms with Gasteiger partial charge in [0.05, 0.1) is 24.5 Å². The molecule has 0 fully saturated rings. The van der Waals surface area contributed by atoms with Crippen LogP contribution in [0.15, 0.2) is 24.3 Å². The molecule has 0 aliphatic rings. The van der Waals surface area contributed by atoms with Gasteiger partial charge in [0.2, 0.25) is 0 Å². The number of nitrogens with two attached hydrogens (primary N) is 1. The van der Waals surface area contributed by atoms with Gasteiger partial charge in [-0.15, -0.1) is 0 Å². The first-order valence-electron chi connectivity index (χ1n) is 6.20. The fourth-order valence-electron chi connectivity index (χ4n) is 2.15. The number of aromatic nitrogens is 2. The minimum Gasteiger partial charge on any atom is -0.494 e. The van der Waals surface area contributed by atoms with Crippen molar-refractivity contribution in [3.05, 3.63) is 47.0 Å². The molecule has 2 aromatic rings. The minimum atomic E-state index is -0.559. The highest BCUT2D eigenvalue weighted by molar-refractivity contribution is 5.36. The van der Waals surface area contributed by atoms with E-state index in [9.17, 15) is 4.39 Å². The van der Waals surface area contributed by atoms with Crippen molar-refractivity contribution in [2.75, 3.05) is 7.11 Å². The van der Waals surface area contributed by atoms with Crippen molar-refractivity contribution < 1.29 is 9.13 Å². The average Bonchev–Trinajstić information content (AvgIpc) is 2.79. The summed E-state index contributed by atoms with van der Waals surface area (Å²) in [4.78, 5) is 0. The molecule has 1 aromatic heterocycles. The third-order valence-corrected chi connectivity index (χ3v) is 3.10. The Labute approximate surface area is 112 Å². The number of hydrogen-bond donors (Lipinski definition) is 1. The molecule has 1 heterocycles. The molecule has 1 aromatic carbocycles. The van der Waals surface area contributed by atoms with Crippen molar-refractivity contribution in [3.63, 3.8) is 0 Å². The summed E-state index contributed by atoms with van der Waals surface area (Å²) in [7, 11) is 1.44. The van der Waals surface area contributed by atoms with E-state index in [0.717, 1.165) is 11.4 Å². The Morgan fingerprint density at radius 2 is 2.21 bits per heavy atom. The molecule has 0 saturated carbocycles. The van der Waals surface area contributed by atoms with E-state index >= 15 is 0 Å². The summed E-state index contributed by atoms with van der Waals surface area (Å²) >= 11 is 0. The van der Waals surface area contributed by atoms with Crippen LogP contribution in [0.1, 0.15) is 29.9 Å². The van der Waals surface area contributed by atoms with Crippen molar-refractivity contribution in [3.8, 4) is 5.75 Å². The van der Waals surface area contributed by atoms with E-state index in [2.05, 4.69) is 5.10 Å². The summed E-state index contributed by atoms with van der Waals surface area (Å²) in [6, 6.07) is 6.30. The second-order valence-corrected chi connectivity index (χ2v) is 4.37. The molecule has 0 bridgehead atoms. The maximum Gasteiger partial charge on any atom is 0.170 e. The summed E-state index contributed by atoms with van der Waals surface area (Å²) in [5.74, 6) is -0.216. The van der Waals surface area contributed by atoms with Crippen LogP contribution >= 0.6 is 0 Å². The molecule has 0 amide bonds. The van der Waals surface area contributed by atoms with Crippen LogP contribution in [0, 0.1) is 12.7 Å². The maximum atomic E-state index is 14.2. The third kappa shape index (κ3) is 2.46. The first kappa shape index (κ1) is 13.5. The van der Waals surface area contributed by atoms with E-state index in [-0.39, 0.29) is 5.75 Å². The SMILES string of the molecule is CCn1nc(C)cc1C(N)c1cccc(OC)c1F. The third-order valence-electron chi connectivity index (χ3n) is 3.10. The van der Waals surface area contributed by atoms with Crippen LogP contribution in [0.2, 0.25) is 0 Å². The van der Waals surface area contributed by atoms with Crippen LogP contribution < -0.4 is 10.5 Å². The summed E-state index contributed by atoms with van der Waals surface area (Å²) in [5, 5.41) is 4.33. The van der Waals surface area contributed by atoms with Gasteiger partial charge < -0.3 is 10.5 Å². The van der Waals surface area contributed by atoms with Crippen LogP contribution in [0.25, 0.3) is 0 Å². The molecule has 0 saturated heterocycles. The van der Waals surface area contributed by atoms with E-state index in [1.165, 1.54) is 7.11 Å². The summed E-state index contributed by atoms with van der Waals surface area (Å²) < 4.78 is 21.0. The molecule has 0 aliphatic heterocycles. The van der Waals surface area contributed by atoms with Gasteiger partial charge in [-0.25, -0.2) is 4.39 Å². The van der Waals surface area contributed by atoms with Crippen LogP contribution in [-0.2, 0) is 6.54 Å². The maximum absolute atomic E-state index is 14.2. The fraction of sp³-hybridized carbons (Fsp3) is 0.357. The standard InChI is InChI=1S/C14H18FN3O/c1-4-18-11(8-9(2)17-18)14(16)10-6-5-7-12(19-3)13(10)15/h5-8,14H,4,16H2,1-3H3. The van der Waals surface area contributed by atoms with Gasteiger partial charge in [-0.2, -0.15) is 5.10 Å². The molecular weight excluding hydrogens is 245 g/mol. The van der Waals surface area contributed by atoms with Crippen LogP contribution in [0.5, 0.6) is 5.75 Å². The second kappa shape index (κ2) is 5.40. The predicted octanol–water partition coefficient (Wildman–Crippen LogP) is 2.41. The minimum absolute atomic E-state index is 0.201. The Kier molecular flexibility index (Phi) is 3.85. The average molecular weight is 263 g/mol. The van der Waals surface area contributed by atoms with E-state index in [1.54, 1.807) is 22.9 Å². The zero-order valence-electron chi connectivity index (χ0n) is 11.4. The molecule has 1 unspecified atom stereocenters. The Bertz CT molecular complexity index is 580. The molecule has 0 spiro atoms. The van der Waals surface area contributed by atoms with E-state index in [4.69, 9.17) is 10.5 Å². The predicted molar refractivity (Wildman–Crippen MR) is 71.6 cm³/mol. The molecule has 0 aliphatic carbocycles. The molecule has 19 heavy (non-hydrogen) atoms. The smallest absolute Gasteiger partial charge is 0.170 e. The van der Waals surface area contributed by atoms with Gasteiger partial charge in [0.15, 0.2) is 11.6 Å². The molecule has 5 heteroatoms. The van der Waals surface area contributed by atoms with Gasteiger partial charge in [-0.05, 0) is 26.0 Å². The van der Waals surface area contributed by atoms with Gasteiger partial charge in [0.25, 0.3) is 0 Å². The second-order valence-electron chi connectivity index (χ2n) is 4.37. The highest BCUT2D eigenvalue weighted by Crippen LogP contribution is 2.28. The topological polar surface area (TPSA) is 53.1 Å². The van der Waals surface area contributed by atoms with E-state index < -0.39 is 11.9 Å². The first-order valence-corrected chi connectivity index (χ1v) is 6.20. The number of methoxy groups -OCH3 is 1. The number of halogens is 1. The van der Waals surface area contributed by atoms with Crippen LogP contribution in [0.4, 0.5) is 4.39 Å². The van der Waals surface area contributed by atoms with Gasteiger partial charge in [-0.3, -0.25) is 4.68 Å². The molecule has 1 atom stereocenters.